The van der Waals surface area contributed by atoms with Crippen LogP contribution in [-0.2, 0) is 0 Å². The fourth-order valence-corrected chi connectivity index (χ4v) is 1.39. The van der Waals surface area contributed by atoms with Crippen molar-refractivity contribution in [1.82, 2.24) is 0 Å². The van der Waals surface area contributed by atoms with Gasteiger partial charge in [0.1, 0.15) is 0 Å². The highest BCUT2D eigenvalue weighted by atomic mass is 14.8. The Labute approximate surface area is 97.2 Å². The van der Waals surface area contributed by atoms with Gasteiger partial charge < -0.3 is 5.32 Å². The van der Waals surface area contributed by atoms with Crippen LogP contribution in [0.1, 0.15) is 18.4 Å². The van der Waals surface area contributed by atoms with Gasteiger partial charge in [-0.25, -0.2) is 0 Å². The van der Waals surface area contributed by atoms with Gasteiger partial charge in [0, 0.05) is 11.9 Å². The van der Waals surface area contributed by atoms with Crippen LogP contribution in [0.3, 0.4) is 0 Å². The summed E-state index contributed by atoms with van der Waals surface area (Å²) in [6.45, 7) is 2.11. The molecule has 0 heterocycles. The molecule has 0 unspecified atom stereocenters. The van der Waals surface area contributed by atoms with Crippen molar-refractivity contribution < 1.29 is 0 Å². The number of hydrogen-bond acceptors (Lipinski definition) is 1. The molecule has 1 N–H and O–H groups in total. The highest BCUT2D eigenvalue weighted by Crippen LogP contribution is 2.27. The largest absolute Gasteiger partial charge is 0.362 e. The molecule has 0 amide bonds. The SMILES string of the molecule is Cc1cccccccc(NC=C2CC2)c1. The van der Waals surface area contributed by atoms with Gasteiger partial charge in [0.2, 0.25) is 0 Å². The van der Waals surface area contributed by atoms with E-state index in [9.17, 15) is 0 Å². The lowest BCUT2D eigenvalue weighted by Crippen LogP contribution is -1.85. The summed E-state index contributed by atoms with van der Waals surface area (Å²) < 4.78 is 0. The van der Waals surface area contributed by atoms with Gasteiger partial charge in [-0.2, -0.15) is 0 Å². The van der Waals surface area contributed by atoms with Crippen molar-refractivity contribution in [3.63, 3.8) is 0 Å². The van der Waals surface area contributed by atoms with E-state index in [0.29, 0.717) is 0 Å². The standard InChI is InChI=1S/C15H17N/c1-13-7-5-3-2-4-6-8-15(11-13)16-12-14-9-10-14/h2-8,11-12,16H,9-10H2,1H3. The molecule has 2 rings (SSSR count). The van der Waals surface area contributed by atoms with Gasteiger partial charge in [-0.3, -0.25) is 0 Å². The maximum atomic E-state index is 3.34. The summed E-state index contributed by atoms with van der Waals surface area (Å²) in [7, 11) is 0. The third-order valence-electron chi connectivity index (χ3n) is 2.44. The molecule has 1 aliphatic rings. The molecule has 1 nitrogen and oxygen atoms in total. The Kier molecular flexibility index (Phi) is 3.60. The van der Waals surface area contributed by atoms with E-state index in [-0.39, 0.29) is 0 Å². The topological polar surface area (TPSA) is 12.0 Å². The quantitative estimate of drug-likeness (QED) is 0.772. The summed E-state index contributed by atoms with van der Waals surface area (Å²) >= 11 is 0. The third kappa shape index (κ3) is 3.77. The first kappa shape index (κ1) is 10.7. The second kappa shape index (κ2) is 5.36. The molecule has 82 valence electrons. The molecule has 0 radical (unpaired) electrons. The predicted molar refractivity (Wildman–Crippen MR) is 69.7 cm³/mol. The highest BCUT2D eigenvalue weighted by molar-refractivity contribution is 5.46. The Morgan fingerprint density at radius 1 is 1.00 bits per heavy atom. The molecule has 0 spiro atoms. The van der Waals surface area contributed by atoms with E-state index in [0.717, 1.165) is 5.69 Å². The molecule has 1 aromatic carbocycles. The fourth-order valence-electron chi connectivity index (χ4n) is 1.39. The van der Waals surface area contributed by atoms with Crippen LogP contribution in [0, 0.1) is 6.92 Å². The summed E-state index contributed by atoms with van der Waals surface area (Å²) in [6.07, 6.45) is 4.62. The third-order valence-corrected chi connectivity index (χ3v) is 2.44. The number of hydrogen-bond donors (Lipinski definition) is 1. The maximum absolute atomic E-state index is 3.34. The molecule has 0 aliphatic heterocycles. The minimum Gasteiger partial charge on any atom is -0.362 e. The monoisotopic (exact) mass is 211 g/mol. The maximum Gasteiger partial charge on any atom is 0.0382 e. The van der Waals surface area contributed by atoms with E-state index in [1.165, 1.54) is 24.0 Å². The van der Waals surface area contributed by atoms with Crippen LogP contribution in [0.4, 0.5) is 5.69 Å². The molecule has 1 fully saturated rings. The Bertz CT molecular complexity index is 439. The van der Waals surface area contributed by atoms with Crippen LogP contribution < -0.4 is 5.32 Å². The average molecular weight is 211 g/mol. The Morgan fingerprint density at radius 3 is 2.44 bits per heavy atom. The Morgan fingerprint density at radius 2 is 1.69 bits per heavy atom. The van der Waals surface area contributed by atoms with Crippen molar-refractivity contribution in [3.05, 3.63) is 65.9 Å². The first-order valence-electron chi connectivity index (χ1n) is 5.69. The second-order valence-corrected chi connectivity index (χ2v) is 4.09. The van der Waals surface area contributed by atoms with Crippen molar-refractivity contribution >= 4 is 5.69 Å². The van der Waals surface area contributed by atoms with Crippen LogP contribution >= 0.6 is 0 Å². The first-order valence-corrected chi connectivity index (χ1v) is 5.69. The van der Waals surface area contributed by atoms with Gasteiger partial charge in [0.05, 0.1) is 0 Å². The number of allylic oxidation sites excluding steroid dienone is 1. The van der Waals surface area contributed by atoms with Gasteiger partial charge in [-0.05, 0) is 37.5 Å². The van der Waals surface area contributed by atoms with E-state index in [1.807, 2.05) is 24.3 Å². The molecule has 0 bridgehead atoms. The Balaban J connectivity index is 2.28. The molecule has 1 aliphatic carbocycles. The smallest absolute Gasteiger partial charge is 0.0382 e. The lowest BCUT2D eigenvalue weighted by atomic mass is 10.2. The van der Waals surface area contributed by atoms with Gasteiger partial charge in [0.15, 0.2) is 0 Å². The van der Waals surface area contributed by atoms with Crippen LogP contribution in [0.2, 0.25) is 0 Å². The minimum atomic E-state index is 1.13. The van der Waals surface area contributed by atoms with E-state index in [2.05, 4.69) is 42.7 Å². The fraction of sp³-hybridized carbons (Fsp3) is 0.200. The second-order valence-electron chi connectivity index (χ2n) is 4.09. The molecule has 1 aromatic rings. The van der Waals surface area contributed by atoms with Crippen LogP contribution in [0.25, 0.3) is 0 Å². The summed E-state index contributed by atoms with van der Waals surface area (Å²) in [5, 5.41) is 3.34. The van der Waals surface area contributed by atoms with Crippen molar-refractivity contribution in [3.8, 4) is 0 Å². The van der Waals surface area contributed by atoms with Crippen LogP contribution in [-0.4, -0.2) is 0 Å². The van der Waals surface area contributed by atoms with E-state index >= 15 is 0 Å². The summed E-state index contributed by atoms with van der Waals surface area (Å²) in [5.41, 5.74) is 3.88. The molecular weight excluding hydrogens is 194 g/mol. The van der Waals surface area contributed by atoms with E-state index < -0.39 is 0 Å². The summed E-state index contributed by atoms with van der Waals surface area (Å²) in [4.78, 5) is 0. The molecule has 0 saturated heterocycles. The minimum absolute atomic E-state index is 1.13. The molecular formula is C15H17N. The van der Waals surface area contributed by atoms with Crippen molar-refractivity contribution in [1.29, 1.82) is 0 Å². The Hall–Kier alpha value is -1.76. The van der Waals surface area contributed by atoms with Gasteiger partial charge in [-0.1, -0.05) is 42.0 Å². The zero-order chi connectivity index (χ0) is 11.2. The summed E-state index contributed by atoms with van der Waals surface area (Å²) in [5.74, 6) is 0. The zero-order valence-electron chi connectivity index (χ0n) is 9.61. The van der Waals surface area contributed by atoms with Crippen molar-refractivity contribution in [2.24, 2.45) is 0 Å². The molecule has 0 aromatic heterocycles. The highest BCUT2D eigenvalue weighted by Gasteiger charge is 2.09. The predicted octanol–water partition coefficient (Wildman–Crippen LogP) is 4.21. The number of nitrogens with one attached hydrogen (secondary N) is 1. The van der Waals surface area contributed by atoms with Gasteiger partial charge in [-0.15, -0.1) is 0 Å². The van der Waals surface area contributed by atoms with Crippen LogP contribution in [0.5, 0.6) is 0 Å². The van der Waals surface area contributed by atoms with Crippen LogP contribution in [0.15, 0.2) is 60.3 Å². The first-order chi connectivity index (χ1) is 7.84. The molecule has 1 saturated carbocycles. The lowest BCUT2D eigenvalue weighted by Gasteiger charge is -1.98. The van der Waals surface area contributed by atoms with E-state index in [4.69, 9.17) is 0 Å². The number of aryl methyl sites for hydroxylation is 1. The van der Waals surface area contributed by atoms with Gasteiger partial charge in [0.25, 0.3) is 0 Å². The van der Waals surface area contributed by atoms with Crippen molar-refractivity contribution in [2.75, 3.05) is 5.32 Å². The lowest BCUT2D eigenvalue weighted by molar-refractivity contribution is 1.47. The molecule has 0 atom stereocenters. The summed E-state index contributed by atoms with van der Waals surface area (Å²) in [6, 6.07) is 16.5. The average Bonchev–Trinajstić information content (AvgIpc) is 3.08. The normalized spacial score (nSPS) is 12.7. The number of anilines is 1. The molecule has 16 heavy (non-hydrogen) atoms. The zero-order valence-corrected chi connectivity index (χ0v) is 9.61. The molecule has 1 heteroatoms. The van der Waals surface area contributed by atoms with E-state index in [1.54, 1.807) is 0 Å². The number of rotatable bonds is 2. The van der Waals surface area contributed by atoms with Gasteiger partial charge >= 0.3 is 0 Å². The van der Waals surface area contributed by atoms with Crippen molar-refractivity contribution in [2.45, 2.75) is 19.8 Å².